The van der Waals surface area contributed by atoms with E-state index in [2.05, 4.69) is 48.8 Å². The number of nitrogens with zero attached hydrogens (tertiary/aromatic N) is 6. The van der Waals surface area contributed by atoms with Crippen molar-refractivity contribution in [1.82, 2.24) is 29.7 Å². The first kappa shape index (κ1) is 26.9. The van der Waals surface area contributed by atoms with Crippen molar-refractivity contribution in [3.05, 3.63) is 36.3 Å². The van der Waals surface area contributed by atoms with Crippen LogP contribution in [-0.4, -0.2) is 95.0 Å². The van der Waals surface area contributed by atoms with Gasteiger partial charge in [0, 0.05) is 75.4 Å². The average Bonchev–Trinajstić information content (AvgIpc) is 3.33. The third kappa shape index (κ3) is 5.63. The van der Waals surface area contributed by atoms with E-state index in [1.807, 2.05) is 18.3 Å². The number of amides is 1. The molecule has 2 N–H and O–H groups in total. The fourth-order valence-corrected chi connectivity index (χ4v) is 5.92. The molecule has 3 saturated heterocycles. The molecule has 11 nitrogen and oxygen atoms in total. The van der Waals surface area contributed by atoms with E-state index in [0.717, 1.165) is 76.0 Å². The van der Waals surface area contributed by atoms with Crippen LogP contribution < -0.4 is 15.5 Å². The van der Waals surface area contributed by atoms with Gasteiger partial charge < -0.3 is 29.6 Å². The van der Waals surface area contributed by atoms with Crippen molar-refractivity contribution in [2.24, 2.45) is 0 Å². The highest BCUT2D eigenvalue weighted by Gasteiger charge is 2.30. The first-order chi connectivity index (χ1) is 19.5. The van der Waals surface area contributed by atoms with E-state index in [1.54, 1.807) is 19.5 Å². The lowest BCUT2D eigenvalue weighted by Crippen LogP contribution is -2.54. The zero-order valence-corrected chi connectivity index (χ0v) is 23.7. The normalized spacial score (nSPS) is 19.8. The molecule has 0 radical (unpaired) electrons. The van der Waals surface area contributed by atoms with E-state index in [9.17, 15) is 4.79 Å². The molecule has 0 bridgehead atoms. The van der Waals surface area contributed by atoms with Crippen LogP contribution in [0.3, 0.4) is 0 Å². The summed E-state index contributed by atoms with van der Waals surface area (Å²) in [6, 6.07) is 4.77. The molecule has 0 saturated carbocycles. The number of anilines is 3. The van der Waals surface area contributed by atoms with Crippen molar-refractivity contribution in [3.8, 4) is 0 Å². The highest BCUT2D eigenvalue weighted by molar-refractivity contribution is 6.07. The quantitative estimate of drug-likeness (QED) is 0.438. The lowest BCUT2D eigenvalue weighted by Gasteiger charge is -2.41. The summed E-state index contributed by atoms with van der Waals surface area (Å²) in [5, 5.41) is 7.49. The Morgan fingerprint density at radius 1 is 1.07 bits per heavy atom. The molecule has 214 valence electrons. The van der Waals surface area contributed by atoms with Gasteiger partial charge in [0.05, 0.1) is 36.4 Å². The molecule has 11 heteroatoms. The summed E-state index contributed by atoms with van der Waals surface area (Å²) in [5.74, 6) is 2.03. The summed E-state index contributed by atoms with van der Waals surface area (Å²) >= 11 is 0. The number of carbonyl (C=O) groups excluding carboxylic acids is 1. The van der Waals surface area contributed by atoms with Crippen molar-refractivity contribution < 1.29 is 14.3 Å². The molecule has 40 heavy (non-hydrogen) atoms. The highest BCUT2D eigenvalue weighted by Crippen LogP contribution is 2.28. The number of ether oxygens (including phenoxy) is 2. The number of hydrogen-bond donors (Lipinski definition) is 2. The molecular weight excluding hydrogens is 508 g/mol. The molecule has 0 aromatic carbocycles. The smallest absolute Gasteiger partial charge is 0.253 e. The first-order valence-electron chi connectivity index (χ1n) is 14.5. The van der Waals surface area contributed by atoms with Crippen LogP contribution in [0.25, 0.3) is 10.9 Å². The number of pyridine rings is 1. The first-order valence-corrected chi connectivity index (χ1v) is 14.5. The monoisotopic (exact) mass is 548 g/mol. The Hall–Kier alpha value is -3.28. The van der Waals surface area contributed by atoms with Crippen LogP contribution in [0, 0.1) is 0 Å². The lowest BCUT2D eigenvalue weighted by atomic mass is 10.0. The fourth-order valence-electron chi connectivity index (χ4n) is 5.92. The molecule has 3 fully saturated rings. The molecule has 3 aromatic rings. The van der Waals surface area contributed by atoms with Crippen molar-refractivity contribution in [3.63, 3.8) is 0 Å². The number of methoxy groups -OCH3 is 1. The fraction of sp³-hybridized carbons (Fsp3) is 0.586. The van der Waals surface area contributed by atoms with Gasteiger partial charge in [0.25, 0.3) is 5.91 Å². The van der Waals surface area contributed by atoms with Gasteiger partial charge >= 0.3 is 0 Å². The number of aromatic nitrogens is 4. The summed E-state index contributed by atoms with van der Waals surface area (Å²) < 4.78 is 13.0. The Kier molecular flexibility index (Phi) is 7.86. The summed E-state index contributed by atoms with van der Waals surface area (Å²) in [6.07, 6.45) is 9.69. The minimum absolute atomic E-state index is 0.0324. The van der Waals surface area contributed by atoms with E-state index < -0.39 is 0 Å². The maximum Gasteiger partial charge on any atom is 0.253 e. The van der Waals surface area contributed by atoms with Crippen molar-refractivity contribution in [2.45, 2.75) is 63.8 Å². The molecule has 3 aromatic heterocycles. The van der Waals surface area contributed by atoms with E-state index >= 15 is 0 Å². The van der Waals surface area contributed by atoms with Crippen LogP contribution in [0.4, 0.5) is 17.6 Å². The molecule has 0 spiro atoms. The molecule has 0 aliphatic carbocycles. The number of likely N-dealkylation sites (tertiary alicyclic amines) is 1. The van der Waals surface area contributed by atoms with Crippen molar-refractivity contribution in [2.75, 3.05) is 56.7 Å². The Balaban J connectivity index is 1.16. The molecular formula is C29H40N8O3. The molecule has 1 amide bonds. The maximum atomic E-state index is 13.4. The zero-order valence-electron chi connectivity index (χ0n) is 23.7. The molecule has 3 aliphatic heterocycles. The van der Waals surface area contributed by atoms with Crippen molar-refractivity contribution in [1.29, 1.82) is 0 Å². The Labute approximate surface area is 235 Å². The van der Waals surface area contributed by atoms with Gasteiger partial charge in [0.1, 0.15) is 11.6 Å². The van der Waals surface area contributed by atoms with E-state index in [4.69, 9.17) is 14.5 Å². The second-order valence-electron chi connectivity index (χ2n) is 11.4. The largest absolute Gasteiger partial charge is 0.381 e. The molecule has 6 heterocycles. The SMILES string of the molecule is COC1CCN(c2nccc(Nc3cc4c(cn3)c(C(=O)NC3CCN(C5COC5)CC3)cn4C(C)C)n2)CC1. The molecule has 3 aliphatic rings. The summed E-state index contributed by atoms with van der Waals surface area (Å²) in [5.41, 5.74) is 1.63. The van der Waals surface area contributed by atoms with Gasteiger partial charge in [-0.3, -0.25) is 9.69 Å². The van der Waals surface area contributed by atoms with Gasteiger partial charge in [-0.25, -0.2) is 9.97 Å². The minimum atomic E-state index is -0.0324. The van der Waals surface area contributed by atoms with E-state index in [1.165, 1.54) is 0 Å². The standard InChI is InChI=1S/C29H40N8O3/c1-19(2)37-16-24(28(38)32-20-5-10-35(11-6-20)21-17-40-18-21)23-15-31-27(14-25(23)37)33-26-4-9-30-29(34-26)36-12-7-22(39-3)8-13-36/h4,9,14-16,19-22H,5-8,10-13,17-18H2,1-3H3,(H,32,38)(H,30,31,33,34). The third-order valence-corrected chi connectivity index (χ3v) is 8.48. The van der Waals surface area contributed by atoms with E-state index in [0.29, 0.717) is 35.3 Å². The van der Waals surface area contributed by atoms with Gasteiger partial charge in [0.15, 0.2) is 0 Å². The number of nitrogens with one attached hydrogen (secondary N) is 2. The number of carbonyl (C=O) groups is 1. The van der Waals surface area contributed by atoms with Gasteiger partial charge in [-0.2, -0.15) is 4.98 Å². The highest BCUT2D eigenvalue weighted by atomic mass is 16.5. The van der Waals surface area contributed by atoms with Gasteiger partial charge in [-0.1, -0.05) is 0 Å². The van der Waals surface area contributed by atoms with Gasteiger partial charge in [-0.15, -0.1) is 0 Å². The Morgan fingerprint density at radius 3 is 2.52 bits per heavy atom. The number of rotatable bonds is 8. The Morgan fingerprint density at radius 2 is 1.85 bits per heavy atom. The number of piperidine rings is 2. The molecule has 6 rings (SSSR count). The lowest BCUT2D eigenvalue weighted by molar-refractivity contribution is -0.0716. The number of hydrogen-bond acceptors (Lipinski definition) is 9. The summed E-state index contributed by atoms with van der Waals surface area (Å²) in [7, 11) is 1.77. The predicted octanol–water partition coefficient (Wildman–Crippen LogP) is 3.36. The van der Waals surface area contributed by atoms with Crippen LogP contribution >= 0.6 is 0 Å². The topological polar surface area (TPSA) is 110 Å². The Bertz CT molecular complexity index is 1320. The minimum Gasteiger partial charge on any atom is -0.381 e. The van der Waals surface area contributed by atoms with Gasteiger partial charge in [-0.05, 0) is 45.6 Å². The second kappa shape index (κ2) is 11.7. The maximum absolute atomic E-state index is 13.4. The van der Waals surface area contributed by atoms with Crippen molar-refractivity contribution >= 4 is 34.4 Å². The van der Waals surface area contributed by atoms with Crippen LogP contribution in [-0.2, 0) is 9.47 Å². The second-order valence-corrected chi connectivity index (χ2v) is 11.4. The third-order valence-electron chi connectivity index (χ3n) is 8.48. The molecule has 0 unspecified atom stereocenters. The average molecular weight is 549 g/mol. The van der Waals surface area contributed by atoms with E-state index in [-0.39, 0.29) is 18.0 Å². The van der Waals surface area contributed by atoms with Crippen LogP contribution in [0.1, 0.15) is 55.9 Å². The number of fused-ring (bicyclic) bond motifs is 1. The molecule has 0 atom stereocenters. The van der Waals surface area contributed by atoms with Crippen LogP contribution in [0.5, 0.6) is 0 Å². The van der Waals surface area contributed by atoms with Crippen LogP contribution in [0.2, 0.25) is 0 Å². The predicted molar refractivity (Wildman–Crippen MR) is 154 cm³/mol. The summed E-state index contributed by atoms with van der Waals surface area (Å²) in [4.78, 5) is 32.0. The zero-order chi connectivity index (χ0) is 27.6. The van der Waals surface area contributed by atoms with Crippen LogP contribution in [0.15, 0.2) is 30.7 Å². The summed E-state index contributed by atoms with van der Waals surface area (Å²) in [6.45, 7) is 9.65. The van der Waals surface area contributed by atoms with Gasteiger partial charge in [0.2, 0.25) is 5.95 Å².